The molecule has 21 heavy (non-hydrogen) atoms. The van der Waals surface area contributed by atoms with E-state index in [4.69, 9.17) is 4.74 Å². The van der Waals surface area contributed by atoms with E-state index in [1.807, 2.05) is 0 Å². The summed E-state index contributed by atoms with van der Waals surface area (Å²) in [7, 11) is -3.74. The molecule has 1 aliphatic rings. The van der Waals surface area contributed by atoms with E-state index in [0.717, 1.165) is 6.42 Å². The van der Waals surface area contributed by atoms with Crippen LogP contribution in [-0.2, 0) is 14.8 Å². The summed E-state index contributed by atoms with van der Waals surface area (Å²) >= 11 is 0. The lowest BCUT2D eigenvalue weighted by atomic mass is 9.96. The first-order valence-corrected chi connectivity index (χ1v) is 8.52. The predicted molar refractivity (Wildman–Crippen MR) is 76.2 cm³/mol. The van der Waals surface area contributed by atoms with Gasteiger partial charge in [0.05, 0.1) is 12.8 Å². The number of hydrogen-bond acceptors (Lipinski definition) is 5. The van der Waals surface area contributed by atoms with Gasteiger partial charge in [0.1, 0.15) is 5.56 Å². The van der Waals surface area contributed by atoms with Crippen molar-refractivity contribution >= 4 is 16.0 Å². The summed E-state index contributed by atoms with van der Waals surface area (Å²) < 4.78 is 31.6. The second kappa shape index (κ2) is 6.15. The maximum atomic E-state index is 12.6. The van der Waals surface area contributed by atoms with E-state index in [1.54, 1.807) is 6.92 Å². The number of nitrogens with one attached hydrogen (secondary N) is 1. The molecule has 1 N–H and O–H groups in total. The number of carbonyl (C=O) groups is 1. The number of sulfonamides is 1. The van der Waals surface area contributed by atoms with Crippen LogP contribution in [0.2, 0.25) is 0 Å². The van der Waals surface area contributed by atoms with Crippen LogP contribution in [0.15, 0.2) is 11.2 Å². The van der Waals surface area contributed by atoms with Gasteiger partial charge in [0, 0.05) is 13.1 Å². The Balaban J connectivity index is 2.25. The summed E-state index contributed by atoms with van der Waals surface area (Å²) in [5.41, 5.74) is -0.0372. The van der Waals surface area contributed by atoms with E-state index in [9.17, 15) is 13.2 Å². The molecule has 1 aliphatic heterocycles. The first kappa shape index (κ1) is 16.0. The van der Waals surface area contributed by atoms with Crippen LogP contribution in [0.1, 0.15) is 37.6 Å². The van der Waals surface area contributed by atoms with Crippen molar-refractivity contribution in [1.82, 2.24) is 14.5 Å². The van der Waals surface area contributed by atoms with Crippen LogP contribution in [0, 0.1) is 11.8 Å². The maximum Gasteiger partial charge on any atom is 0.342 e. The third kappa shape index (κ3) is 3.11. The zero-order valence-electron chi connectivity index (χ0n) is 12.5. The Morgan fingerprint density at radius 3 is 2.86 bits per heavy atom. The molecule has 2 heterocycles. The number of nitrogens with zero attached hydrogens (tertiary/aromatic N) is 2. The van der Waals surface area contributed by atoms with Gasteiger partial charge in [-0.25, -0.2) is 13.2 Å². The molecule has 7 nitrogen and oxygen atoms in total. The zero-order chi connectivity index (χ0) is 15.6. The Morgan fingerprint density at radius 2 is 2.29 bits per heavy atom. The minimum Gasteiger partial charge on any atom is -0.462 e. The molecule has 1 aromatic heterocycles. The highest BCUT2D eigenvalue weighted by Crippen LogP contribution is 2.29. The molecule has 0 bridgehead atoms. The van der Waals surface area contributed by atoms with Crippen molar-refractivity contribution in [2.45, 2.75) is 32.2 Å². The van der Waals surface area contributed by atoms with E-state index < -0.39 is 16.0 Å². The lowest BCUT2D eigenvalue weighted by Crippen LogP contribution is -2.31. The summed E-state index contributed by atoms with van der Waals surface area (Å²) in [5, 5.41) is 5.94. The molecule has 0 amide bonds. The van der Waals surface area contributed by atoms with Gasteiger partial charge >= 0.3 is 5.97 Å². The molecule has 1 atom stereocenters. The van der Waals surface area contributed by atoms with Crippen LogP contribution >= 0.6 is 0 Å². The van der Waals surface area contributed by atoms with Crippen molar-refractivity contribution in [3.05, 3.63) is 11.8 Å². The Hall–Kier alpha value is -1.41. The average Bonchev–Trinajstić information content (AvgIpc) is 3.09. The fourth-order valence-electron chi connectivity index (χ4n) is 2.47. The van der Waals surface area contributed by atoms with Crippen molar-refractivity contribution in [2.75, 3.05) is 19.7 Å². The topological polar surface area (TPSA) is 92.4 Å². The number of hydrogen-bond donors (Lipinski definition) is 1. The Kier molecular flexibility index (Phi) is 4.67. The number of ether oxygens (including phenoxy) is 1. The number of H-pyrrole nitrogens is 1. The van der Waals surface area contributed by atoms with Gasteiger partial charge in [-0.1, -0.05) is 13.8 Å². The summed E-state index contributed by atoms with van der Waals surface area (Å²) in [5.74, 6) is 0.0923. The summed E-state index contributed by atoms with van der Waals surface area (Å²) in [6.45, 7) is 6.96. The number of aromatic amines is 1. The zero-order valence-corrected chi connectivity index (χ0v) is 13.3. The van der Waals surface area contributed by atoms with Crippen LogP contribution in [0.4, 0.5) is 0 Å². The molecule has 0 aliphatic carbocycles. The van der Waals surface area contributed by atoms with Gasteiger partial charge in [0.15, 0.2) is 5.03 Å². The fraction of sp³-hybridized carbons (Fsp3) is 0.692. The summed E-state index contributed by atoms with van der Waals surface area (Å²) in [6.07, 6.45) is 2.03. The van der Waals surface area contributed by atoms with Crippen LogP contribution in [0.5, 0.6) is 0 Å². The number of carbonyl (C=O) groups excluding carboxylic acids is 1. The highest BCUT2D eigenvalue weighted by Gasteiger charge is 2.37. The Labute approximate surface area is 124 Å². The van der Waals surface area contributed by atoms with E-state index in [2.05, 4.69) is 24.0 Å². The Bertz CT molecular complexity index is 609. The SMILES string of the molecule is CCOC(=O)c1cn[nH]c1S(=O)(=O)N1CCC(C(C)C)C1. The third-order valence-corrected chi connectivity index (χ3v) is 5.67. The van der Waals surface area contributed by atoms with Gasteiger partial charge in [-0.05, 0) is 25.2 Å². The normalized spacial score (nSPS) is 20.1. The van der Waals surface area contributed by atoms with Crippen molar-refractivity contribution in [1.29, 1.82) is 0 Å². The number of rotatable bonds is 5. The highest BCUT2D eigenvalue weighted by molar-refractivity contribution is 7.89. The molecule has 1 aromatic rings. The second-order valence-corrected chi connectivity index (χ2v) is 7.36. The van der Waals surface area contributed by atoms with Gasteiger partial charge in [-0.3, -0.25) is 5.10 Å². The summed E-state index contributed by atoms with van der Waals surface area (Å²) in [6, 6.07) is 0. The molecule has 0 aromatic carbocycles. The molecule has 1 saturated heterocycles. The van der Waals surface area contributed by atoms with Gasteiger partial charge in [0.2, 0.25) is 0 Å². The van der Waals surface area contributed by atoms with E-state index in [-0.39, 0.29) is 17.2 Å². The van der Waals surface area contributed by atoms with Crippen LogP contribution < -0.4 is 0 Å². The molecule has 118 valence electrons. The van der Waals surface area contributed by atoms with Gasteiger partial charge < -0.3 is 4.74 Å². The lowest BCUT2D eigenvalue weighted by Gasteiger charge is -2.17. The molecule has 8 heteroatoms. The summed E-state index contributed by atoms with van der Waals surface area (Å²) in [4.78, 5) is 11.8. The van der Waals surface area contributed by atoms with Crippen LogP contribution in [0.25, 0.3) is 0 Å². The largest absolute Gasteiger partial charge is 0.462 e. The molecule has 0 spiro atoms. The smallest absolute Gasteiger partial charge is 0.342 e. The Morgan fingerprint density at radius 1 is 1.57 bits per heavy atom. The fourth-order valence-corrected chi connectivity index (χ4v) is 4.04. The van der Waals surface area contributed by atoms with Crippen LogP contribution in [0.3, 0.4) is 0 Å². The van der Waals surface area contributed by atoms with E-state index in [0.29, 0.717) is 24.9 Å². The molecule has 1 fully saturated rings. The first-order valence-electron chi connectivity index (χ1n) is 7.08. The van der Waals surface area contributed by atoms with Crippen molar-refractivity contribution in [2.24, 2.45) is 11.8 Å². The molecular formula is C13H21N3O4S. The van der Waals surface area contributed by atoms with Crippen molar-refractivity contribution < 1.29 is 17.9 Å². The number of aromatic nitrogens is 2. The van der Waals surface area contributed by atoms with Gasteiger partial charge in [-0.15, -0.1) is 0 Å². The van der Waals surface area contributed by atoms with Gasteiger partial charge in [-0.2, -0.15) is 9.40 Å². The van der Waals surface area contributed by atoms with Gasteiger partial charge in [0.25, 0.3) is 10.0 Å². The first-order chi connectivity index (χ1) is 9.87. The molecule has 1 unspecified atom stereocenters. The third-order valence-electron chi connectivity index (χ3n) is 3.83. The predicted octanol–water partition coefficient (Wildman–Crippen LogP) is 1.25. The molecule has 0 saturated carbocycles. The standard InChI is InChI=1S/C13H21N3O4S/c1-4-20-13(17)11-7-14-15-12(11)21(18,19)16-6-5-10(8-16)9(2)3/h7,9-10H,4-6,8H2,1-3H3,(H,14,15). The van der Waals surface area contributed by atoms with Crippen molar-refractivity contribution in [3.8, 4) is 0 Å². The van der Waals surface area contributed by atoms with E-state index >= 15 is 0 Å². The minimum atomic E-state index is -3.74. The maximum absolute atomic E-state index is 12.6. The van der Waals surface area contributed by atoms with E-state index in [1.165, 1.54) is 10.5 Å². The van der Waals surface area contributed by atoms with Crippen molar-refractivity contribution in [3.63, 3.8) is 0 Å². The minimum absolute atomic E-state index is 0.0372. The molecule has 0 radical (unpaired) electrons. The van der Waals surface area contributed by atoms with Crippen LogP contribution in [-0.4, -0.2) is 48.6 Å². The quantitative estimate of drug-likeness (QED) is 0.826. The molecular weight excluding hydrogens is 294 g/mol. The second-order valence-electron chi connectivity index (χ2n) is 5.49. The number of esters is 1. The lowest BCUT2D eigenvalue weighted by molar-refractivity contribution is 0.0521. The highest BCUT2D eigenvalue weighted by atomic mass is 32.2. The molecule has 2 rings (SSSR count). The monoisotopic (exact) mass is 315 g/mol. The average molecular weight is 315 g/mol.